The standard InChI is InChI=1S/C28H36N3O6/c1-5-6-7-8-9-10-15-36-22-12-14-25(26(32)17-22)31-29-23-16-21(27(33)34)11-13-24(23)30(31)18-20(4)37-28(35)19(2)3/h11-14,16-17,20,29,32H,2,4-10,15,18H2,1,3H3,(H,33,34). The number of rotatable bonds is 14. The molecule has 1 radical (unpaired) electrons. The lowest BCUT2D eigenvalue weighted by Crippen LogP contribution is -2.46. The maximum absolute atomic E-state index is 12.0. The summed E-state index contributed by atoms with van der Waals surface area (Å²) in [5.74, 6) is -1.11. The largest absolute Gasteiger partial charge is 0.505 e. The average Bonchev–Trinajstić information content (AvgIpc) is 3.20. The zero-order valence-corrected chi connectivity index (χ0v) is 21.5. The second kappa shape index (κ2) is 12.9. The highest BCUT2D eigenvalue weighted by molar-refractivity contribution is 5.93. The SMILES string of the molecule is [CH2]C(CN1c2ccc(C(=O)O)cc2NN1c1ccc(OCCCCCCCC)cc1O)OC(=O)C(=C)C. The van der Waals surface area contributed by atoms with E-state index in [4.69, 9.17) is 9.47 Å². The number of fused-ring (bicyclic) bond motifs is 1. The number of phenols is 1. The van der Waals surface area contributed by atoms with Gasteiger partial charge in [0.15, 0.2) is 0 Å². The van der Waals surface area contributed by atoms with E-state index >= 15 is 0 Å². The number of hydrazine groups is 2. The van der Waals surface area contributed by atoms with Gasteiger partial charge in [0.25, 0.3) is 0 Å². The summed E-state index contributed by atoms with van der Waals surface area (Å²) in [5.41, 5.74) is 5.03. The summed E-state index contributed by atoms with van der Waals surface area (Å²) < 4.78 is 11.2. The van der Waals surface area contributed by atoms with Crippen molar-refractivity contribution in [2.45, 2.75) is 58.5 Å². The predicted octanol–water partition coefficient (Wildman–Crippen LogP) is 5.72. The smallest absolute Gasteiger partial charge is 0.335 e. The van der Waals surface area contributed by atoms with Gasteiger partial charge in [-0.25, -0.2) is 9.59 Å². The number of aromatic carboxylic acids is 1. The first-order valence-corrected chi connectivity index (χ1v) is 12.6. The molecule has 0 aliphatic carbocycles. The Labute approximate surface area is 218 Å². The van der Waals surface area contributed by atoms with Crippen LogP contribution < -0.4 is 20.3 Å². The van der Waals surface area contributed by atoms with Crippen molar-refractivity contribution in [2.24, 2.45) is 0 Å². The molecule has 199 valence electrons. The number of carboxylic acid groups (broad SMARTS) is 1. The molecule has 0 saturated heterocycles. The van der Waals surface area contributed by atoms with Crippen molar-refractivity contribution in [2.75, 3.05) is 28.7 Å². The van der Waals surface area contributed by atoms with Crippen molar-refractivity contribution in [1.82, 2.24) is 0 Å². The van der Waals surface area contributed by atoms with E-state index < -0.39 is 18.0 Å². The van der Waals surface area contributed by atoms with Crippen molar-refractivity contribution >= 4 is 29.0 Å². The van der Waals surface area contributed by atoms with Gasteiger partial charge in [-0.1, -0.05) is 45.6 Å². The minimum atomic E-state index is -1.06. The van der Waals surface area contributed by atoms with Crippen LogP contribution >= 0.6 is 0 Å². The van der Waals surface area contributed by atoms with E-state index in [0.29, 0.717) is 29.4 Å². The highest BCUT2D eigenvalue weighted by Gasteiger charge is 2.32. The number of esters is 1. The molecule has 1 heterocycles. The fourth-order valence-electron chi connectivity index (χ4n) is 3.96. The molecule has 37 heavy (non-hydrogen) atoms. The zero-order valence-electron chi connectivity index (χ0n) is 21.5. The molecule has 9 heteroatoms. The molecule has 0 amide bonds. The molecule has 1 aliphatic rings. The summed E-state index contributed by atoms with van der Waals surface area (Å²) >= 11 is 0. The van der Waals surface area contributed by atoms with Crippen molar-refractivity contribution in [3.63, 3.8) is 0 Å². The number of aromatic hydroxyl groups is 1. The molecule has 1 unspecified atom stereocenters. The Hall–Kier alpha value is -3.88. The number of hydrogen-bond donors (Lipinski definition) is 3. The molecule has 0 saturated carbocycles. The lowest BCUT2D eigenvalue weighted by atomic mass is 10.1. The van der Waals surface area contributed by atoms with Crippen LogP contribution in [-0.4, -0.2) is 41.4 Å². The molecule has 0 bridgehead atoms. The number of anilines is 3. The van der Waals surface area contributed by atoms with Gasteiger partial charge in [0.2, 0.25) is 0 Å². The van der Waals surface area contributed by atoms with Crippen LogP contribution in [-0.2, 0) is 9.53 Å². The van der Waals surface area contributed by atoms with E-state index in [-0.39, 0.29) is 23.4 Å². The topological polar surface area (TPSA) is 112 Å². The van der Waals surface area contributed by atoms with E-state index in [0.717, 1.165) is 12.8 Å². The Bertz CT molecular complexity index is 1120. The summed E-state index contributed by atoms with van der Waals surface area (Å²) in [6.45, 7) is 11.9. The van der Waals surface area contributed by atoms with Crippen LogP contribution in [0.15, 0.2) is 48.6 Å². The van der Waals surface area contributed by atoms with Crippen molar-refractivity contribution in [3.8, 4) is 11.5 Å². The normalized spacial score (nSPS) is 13.1. The highest BCUT2D eigenvalue weighted by Crippen LogP contribution is 2.41. The van der Waals surface area contributed by atoms with Gasteiger partial charge in [0.1, 0.15) is 23.3 Å². The number of phenolic OH excluding ortho intramolecular Hbond substituents is 1. The summed E-state index contributed by atoms with van der Waals surface area (Å²) in [6.07, 6.45) is 6.18. The van der Waals surface area contributed by atoms with Crippen LogP contribution in [0.4, 0.5) is 17.1 Å². The van der Waals surface area contributed by atoms with Gasteiger partial charge in [-0.3, -0.25) is 10.4 Å². The molecule has 0 aromatic heterocycles. The highest BCUT2D eigenvalue weighted by atomic mass is 16.5. The molecule has 0 spiro atoms. The molecule has 1 aliphatic heterocycles. The zero-order chi connectivity index (χ0) is 26.9. The van der Waals surface area contributed by atoms with Gasteiger partial charge in [0, 0.05) is 11.6 Å². The van der Waals surface area contributed by atoms with Gasteiger partial charge < -0.3 is 19.7 Å². The first kappa shape index (κ1) is 27.7. The Kier molecular flexibility index (Phi) is 9.65. The number of nitrogens with one attached hydrogen (secondary N) is 1. The quantitative estimate of drug-likeness (QED) is 0.167. The number of carbonyl (C=O) groups is 2. The van der Waals surface area contributed by atoms with Crippen LogP contribution in [0.5, 0.6) is 11.5 Å². The Balaban J connectivity index is 1.75. The van der Waals surface area contributed by atoms with E-state index in [1.165, 1.54) is 37.8 Å². The summed E-state index contributed by atoms with van der Waals surface area (Å²) in [5, 5.41) is 23.5. The third-order valence-corrected chi connectivity index (χ3v) is 5.93. The molecule has 2 aromatic rings. The lowest BCUT2D eigenvalue weighted by Gasteiger charge is -2.33. The fourth-order valence-corrected chi connectivity index (χ4v) is 3.96. The molecule has 2 aromatic carbocycles. The van der Waals surface area contributed by atoms with Crippen molar-refractivity contribution in [1.29, 1.82) is 0 Å². The minimum Gasteiger partial charge on any atom is -0.505 e. The van der Waals surface area contributed by atoms with E-state index in [9.17, 15) is 19.8 Å². The lowest BCUT2D eigenvalue weighted by molar-refractivity contribution is -0.141. The molecule has 1 atom stereocenters. The number of unbranched alkanes of at least 4 members (excludes halogenated alkanes) is 5. The molecule has 3 N–H and O–H groups in total. The number of benzene rings is 2. The van der Waals surface area contributed by atoms with Gasteiger partial charge in [0.05, 0.1) is 30.1 Å². The maximum atomic E-state index is 12.0. The van der Waals surface area contributed by atoms with Crippen LogP contribution in [0.1, 0.15) is 62.7 Å². The van der Waals surface area contributed by atoms with Crippen LogP contribution in [0.2, 0.25) is 0 Å². The molecule has 0 fully saturated rings. The number of carboxylic acids is 1. The second-order valence-electron chi connectivity index (χ2n) is 9.12. The molecule has 3 rings (SSSR count). The second-order valence-corrected chi connectivity index (χ2v) is 9.12. The number of hydrogen-bond acceptors (Lipinski definition) is 8. The Morgan fingerprint density at radius 2 is 1.76 bits per heavy atom. The fraction of sp³-hybridized carbons (Fsp3) is 0.393. The molecule has 9 nitrogen and oxygen atoms in total. The minimum absolute atomic E-state index is 0.0382. The van der Waals surface area contributed by atoms with Crippen molar-refractivity contribution < 1.29 is 29.3 Å². The van der Waals surface area contributed by atoms with Gasteiger partial charge in [-0.05, 0) is 50.6 Å². The van der Waals surface area contributed by atoms with Crippen LogP contribution in [0.25, 0.3) is 0 Å². The number of nitrogens with zero attached hydrogens (tertiary/aromatic N) is 2. The maximum Gasteiger partial charge on any atom is 0.335 e. The number of ether oxygens (including phenoxy) is 2. The third-order valence-electron chi connectivity index (χ3n) is 5.93. The Morgan fingerprint density at radius 3 is 2.43 bits per heavy atom. The van der Waals surface area contributed by atoms with E-state index in [2.05, 4.69) is 25.9 Å². The van der Waals surface area contributed by atoms with Crippen LogP contribution in [0, 0.1) is 6.92 Å². The molecular formula is C28H36N3O6. The first-order chi connectivity index (χ1) is 17.7. The summed E-state index contributed by atoms with van der Waals surface area (Å²) in [6, 6.07) is 9.64. The monoisotopic (exact) mass is 510 g/mol. The number of carbonyl (C=O) groups excluding carboxylic acids is 1. The average molecular weight is 511 g/mol. The van der Waals surface area contributed by atoms with Gasteiger partial charge >= 0.3 is 11.9 Å². The van der Waals surface area contributed by atoms with Crippen molar-refractivity contribution in [3.05, 3.63) is 61.0 Å². The van der Waals surface area contributed by atoms with Gasteiger partial charge in [-0.15, -0.1) is 0 Å². The Morgan fingerprint density at radius 1 is 1.05 bits per heavy atom. The molecular weight excluding hydrogens is 474 g/mol. The predicted molar refractivity (Wildman–Crippen MR) is 144 cm³/mol. The summed E-state index contributed by atoms with van der Waals surface area (Å²) in [4.78, 5) is 23.5. The first-order valence-electron chi connectivity index (χ1n) is 12.6. The van der Waals surface area contributed by atoms with Crippen LogP contribution in [0.3, 0.4) is 0 Å². The summed E-state index contributed by atoms with van der Waals surface area (Å²) in [7, 11) is 0. The van der Waals surface area contributed by atoms with Gasteiger partial charge in [-0.2, -0.15) is 5.12 Å². The van der Waals surface area contributed by atoms with E-state index in [1.54, 1.807) is 41.3 Å². The third kappa shape index (κ3) is 7.31. The van der Waals surface area contributed by atoms with E-state index in [1.807, 2.05) is 0 Å².